The fourth-order valence-electron chi connectivity index (χ4n) is 2.44. The number of rotatable bonds is 8. The van der Waals surface area contributed by atoms with Crippen LogP contribution in [0.1, 0.15) is 71.1 Å². The summed E-state index contributed by atoms with van der Waals surface area (Å²) >= 11 is 5.32. The standard InChI is InChI=1S/C19H29ClO3/c1-7-18(3,4)14-9-13(11-23-12-16(20)21)10-15(17(14)22)19(5,6)8-2/h9-10,22H,7-8,11-12H2,1-6H3. The maximum absolute atomic E-state index is 10.8. The summed E-state index contributed by atoms with van der Waals surface area (Å²) in [6.07, 6.45) is 1.83. The van der Waals surface area contributed by atoms with E-state index in [2.05, 4.69) is 41.5 Å². The number of hydrogen-bond donors (Lipinski definition) is 1. The highest BCUT2D eigenvalue weighted by Gasteiger charge is 2.29. The third-order valence-corrected chi connectivity index (χ3v) is 4.99. The van der Waals surface area contributed by atoms with Gasteiger partial charge in [-0.3, -0.25) is 4.79 Å². The molecule has 0 spiro atoms. The van der Waals surface area contributed by atoms with Crippen LogP contribution >= 0.6 is 11.6 Å². The van der Waals surface area contributed by atoms with Crippen molar-refractivity contribution in [2.45, 2.75) is 71.8 Å². The minimum atomic E-state index is -0.507. The van der Waals surface area contributed by atoms with Crippen LogP contribution in [0.3, 0.4) is 0 Å². The Morgan fingerprint density at radius 3 is 1.87 bits per heavy atom. The Balaban J connectivity index is 3.35. The van der Waals surface area contributed by atoms with Crippen LogP contribution in [0.25, 0.3) is 0 Å². The van der Waals surface area contributed by atoms with Crippen LogP contribution in [0.5, 0.6) is 5.75 Å². The van der Waals surface area contributed by atoms with Crippen molar-refractivity contribution in [3.63, 3.8) is 0 Å². The zero-order chi connectivity index (χ0) is 17.8. The molecule has 0 unspecified atom stereocenters. The van der Waals surface area contributed by atoms with Crippen LogP contribution in [-0.2, 0) is 27.0 Å². The molecule has 1 N–H and O–H groups in total. The summed E-state index contributed by atoms with van der Waals surface area (Å²) in [4.78, 5) is 10.8. The second-order valence-corrected chi connectivity index (χ2v) is 7.78. The number of halogens is 1. The number of phenolic OH excluding ortho intramolecular Hbond substituents is 1. The number of carbonyl (C=O) groups is 1. The monoisotopic (exact) mass is 340 g/mol. The Morgan fingerprint density at radius 1 is 1.09 bits per heavy atom. The molecule has 0 aromatic heterocycles. The van der Waals surface area contributed by atoms with Gasteiger partial charge in [0.05, 0.1) is 6.61 Å². The number of benzene rings is 1. The summed E-state index contributed by atoms with van der Waals surface area (Å²) in [5.41, 5.74) is 2.53. The van der Waals surface area contributed by atoms with E-state index in [9.17, 15) is 9.90 Å². The van der Waals surface area contributed by atoms with Gasteiger partial charge in [-0.1, -0.05) is 41.5 Å². The first kappa shape index (κ1) is 20.0. The first-order valence-electron chi connectivity index (χ1n) is 8.18. The maximum atomic E-state index is 10.8. The van der Waals surface area contributed by atoms with Gasteiger partial charge in [-0.2, -0.15) is 0 Å². The van der Waals surface area contributed by atoms with Gasteiger partial charge in [-0.15, -0.1) is 0 Å². The molecule has 0 fully saturated rings. The van der Waals surface area contributed by atoms with Gasteiger partial charge in [0, 0.05) is 11.1 Å². The molecule has 3 nitrogen and oxygen atoms in total. The van der Waals surface area contributed by atoms with Crippen molar-refractivity contribution in [2.75, 3.05) is 6.61 Å². The normalized spacial score (nSPS) is 12.5. The maximum Gasteiger partial charge on any atom is 0.247 e. The van der Waals surface area contributed by atoms with Gasteiger partial charge in [0.15, 0.2) is 0 Å². The largest absolute Gasteiger partial charge is 0.507 e. The summed E-state index contributed by atoms with van der Waals surface area (Å²) in [6, 6.07) is 3.96. The second-order valence-electron chi connectivity index (χ2n) is 7.36. The lowest BCUT2D eigenvalue weighted by Crippen LogP contribution is -2.21. The van der Waals surface area contributed by atoms with Gasteiger partial charge in [0.25, 0.3) is 0 Å². The lowest BCUT2D eigenvalue weighted by Gasteiger charge is -2.31. The van der Waals surface area contributed by atoms with E-state index in [4.69, 9.17) is 16.3 Å². The molecule has 1 aromatic carbocycles. The summed E-state index contributed by atoms with van der Waals surface area (Å²) in [6.45, 7) is 12.9. The zero-order valence-corrected chi connectivity index (χ0v) is 15.9. The topological polar surface area (TPSA) is 46.5 Å². The van der Waals surface area contributed by atoms with E-state index in [0.29, 0.717) is 12.4 Å². The van der Waals surface area contributed by atoms with Gasteiger partial charge in [-0.25, -0.2) is 0 Å². The van der Waals surface area contributed by atoms with E-state index in [1.807, 2.05) is 12.1 Å². The highest BCUT2D eigenvalue weighted by atomic mass is 35.5. The molecule has 0 aliphatic carbocycles. The van der Waals surface area contributed by atoms with Crippen molar-refractivity contribution in [2.24, 2.45) is 0 Å². The van der Waals surface area contributed by atoms with Gasteiger partial charge in [0.2, 0.25) is 5.24 Å². The minimum absolute atomic E-state index is 0.110. The lowest BCUT2D eigenvalue weighted by atomic mass is 9.75. The van der Waals surface area contributed by atoms with Crippen molar-refractivity contribution in [1.82, 2.24) is 0 Å². The predicted molar refractivity (Wildman–Crippen MR) is 95.3 cm³/mol. The molecule has 0 aliphatic heterocycles. The quantitative estimate of drug-likeness (QED) is 0.673. The number of hydrogen-bond acceptors (Lipinski definition) is 3. The van der Waals surface area contributed by atoms with Gasteiger partial charge in [-0.05, 0) is 53.0 Å². The molecular weight excluding hydrogens is 312 g/mol. The van der Waals surface area contributed by atoms with Crippen molar-refractivity contribution in [3.05, 3.63) is 28.8 Å². The SMILES string of the molecule is CCC(C)(C)c1cc(COCC(=O)Cl)cc(C(C)(C)CC)c1O. The van der Waals surface area contributed by atoms with E-state index in [-0.39, 0.29) is 17.4 Å². The molecule has 23 heavy (non-hydrogen) atoms. The van der Waals surface area contributed by atoms with E-state index in [1.165, 1.54) is 0 Å². The molecule has 0 radical (unpaired) electrons. The minimum Gasteiger partial charge on any atom is -0.507 e. The molecule has 0 bridgehead atoms. The van der Waals surface area contributed by atoms with Crippen LogP contribution in [0.15, 0.2) is 12.1 Å². The van der Waals surface area contributed by atoms with Crippen LogP contribution in [0.2, 0.25) is 0 Å². The van der Waals surface area contributed by atoms with E-state index >= 15 is 0 Å². The van der Waals surface area contributed by atoms with Crippen LogP contribution in [0.4, 0.5) is 0 Å². The Labute approximate surface area is 145 Å². The van der Waals surface area contributed by atoms with Gasteiger partial charge < -0.3 is 9.84 Å². The molecule has 0 heterocycles. The average molecular weight is 341 g/mol. The molecule has 1 aromatic rings. The van der Waals surface area contributed by atoms with Crippen molar-refractivity contribution < 1.29 is 14.6 Å². The number of phenols is 1. The third kappa shape index (κ3) is 4.95. The van der Waals surface area contributed by atoms with E-state index in [1.54, 1.807) is 0 Å². The Morgan fingerprint density at radius 2 is 1.52 bits per heavy atom. The summed E-state index contributed by atoms with van der Waals surface area (Å²) in [5.74, 6) is 0.376. The number of ether oxygens (including phenoxy) is 1. The highest BCUT2D eigenvalue weighted by molar-refractivity contribution is 6.63. The molecule has 0 aliphatic rings. The Hall–Kier alpha value is -1.06. The number of aromatic hydroxyl groups is 1. The third-order valence-electron chi connectivity index (χ3n) is 4.88. The summed E-state index contributed by atoms with van der Waals surface area (Å²) in [5, 5.41) is 10.3. The highest BCUT2D eigenvalue weighted by Crippen LogP contribution is 2.42. The Kier molecular flexibility index (Phi) is 6.67. The van der Waals surface area contributed by atoms with Gasteiger partial charge >= 0.3 is 0 Å². The summed E-state index contributed by atoms with van der Waals surface area (Å²) < 4.78 is 5.36. The van der Waals surface area contributed by atoms with Crippen LogP contribution in [-0.4, -0.2) is 17.0 Å². The first-order chi connectivity index (χ1) is 10.5. The van der Waals surface area contributed by atoms with Crippen molar-refractivity contribution in [1.29, 1.82) is 0 Å². The molecule has 0 saturated heterocycles. The fourth-order valence-corrected chi connectivity index (χ4v) is 2.52. The van der Waals surface area contributed by atoms with E-state index < -0.39 is 5.24 Å². The molecule has 0 amide bonds. The van der Waals surface area contributed by atoms with Crippen LogP contribution in [0, 0.1) is 0 Å². The van der Waals surface area contributed by atoms with Crippen molar-refractivity contribution in [3.8, 4) is 5.75 Å². The molecule has 0 saturated carbocycles. The predicted octanol–water partition coefficient (Wildman–Crippen LogP) is 5.05. The van der Waals surface area contributed by atoms with Crippen molar-refractivity contribution >= 4 is 16.8 Å². The van der Waals surface area contributed by atoms with Gasteiger partial charge in [0.1, 0.15) is 12.4 Å². The number of carbonyl (C=O) groups excluding carboxylic acids is 1. The lowest BCUT2D eigenvalue weighted by molar-refractivity contribution is -0.116. The summed E-state index contributed by atoms with van der Waals surface area (Å²) in [7, 11) is 0. The average Bonchev–Trinajstić information content (AvgIpc) is 2.47. The molecular formula is C19H29ClO3. The molecule has 1 rings (SSSR count). The van der Waals surface area contributed by atoms with Crippen LogP contribution < -0.4 is 0 Å². The Bertz CT molecular complexity index is 525. The molecule has 4 heteroatoms. The fraction of sp³-hybridized carbons (Fsp3) is 0.632. The second kappa shape index (κ2) is 7.67. The molecule has 130 valence electrons. The zero-order valence-electron chi connectivity index (χ0n) is 15.1. The van der Waals surface area contributed by atoms with E-state index in [0.717, 1.165) is 29.5 Å². The smallest absolute Gasteiger partial charge is 0.247 e. The first-order valence-corrected chi connectivity index (χ1v) is 8.56. The molecule has 0 atom stereocenters.